The molecule has 2 aromatic carbocycles. The van der Waals surface area contributed by atoms with Crippen LogP contribution < -0.4 is 14.8 Å². The monoisotopic (exact) mass is 363 g/mol. The third-order valence-electron chi connectivity index (χ3n) is 3.67. The van der Waals surface area contributed by atoms with Gasteiger partial charge in [-0.25, -0.2) is 0 Å². The van der Waals surface area contributed by atoms with Gasteiger partial charge in [-0.05, 0) is 36.6 Å². The molecule has 4 nitrogen and oxygen atoms in total. The second kappa shape index (κ2) is 10.3. The van der Waals surface area contributed by atoms with Gasteiger partial charge in [0, 0.05) is 13.1 Å². The Balaban J connectivity index is 1.99. The number of hydrogen-bond acceptors (Lipinski definition) is 4. The minimum atomic E-state index is -0.546. The van der Waals surface area contributed by atoms with Gasteiger partial charge in [-0.1, -0.05) is 48.9 Å². The first-order chi connectivity index (χ1) is 12.2. The molecule has 1 atom stereocenters. The Kier molecular flexibility index (Phi) is 8.06. The average Bonchev–Trinajstić information content (AvgIpc) is 2.62. The van der Waals surface area contributed by atoms with Gasteiger partial charge in [-0.15, -0.1) is 0 Å². The Morgan fingerprint density at radius 2 is 1.88 bits per heavy atom. The van der Waals surface area contributed by atoms with Crippen LogP contribution in [0.3, 0.4) is 0 Å². The molecule has 0 bridgehead atoms. The first kappa shape index (κ1) is 19.6. The first-order valence-corrected chi connectivity index (χ1v) is 9.05. The molecule has 2 aromatic rings. The van der Waals surface area contributed by atoms with Crippen molar-refractivity contribution in [3.63, 3.8) is 0 Å². The van der Waals surface area contributed by atoms with Gasteiger partial charge in [0.1, 0.15) is 0 Å². The van der Waals surface area contributed by atoms with Crippen molar-refractivity contribution in [3.8, 4) is 11.5 Å². The summed E-state index contributed by atoms with van der Waals surface area (Å²) in [5.74, 6) is 1.25. The van der Waals surface area contributed by atoms with E-state index >= 15 is 0 Å². The van der Waals surface area contributed by atoms with Gasteiger partial charge in [0.05, 0.1) is 24.3 Å². The number of aliphatic hydroxyl groups is 1. The fraction of sp³-hybridized carbons (Fsp3) is 0.400. The number of ether oxygens (including phenoxy) is 2. The van der Waals surface area contributed by atoms with Crippen molar-refractivity contribution in [1.29, 1.82) is 0 Å². The van der Waals surface area contributed by atoms with Crippen molar-refractivity contribution in [2.24, 2.45) is 0 Å². The molecule has 0 fully saturated rings. The predicted octanol–water partition coefficient (Wildman–Crippen LogP) is 4.35. The van der Waals surface area contributed by atoms with Crippen LogP contribution in [-0.2, 0) is 6.54 Å². The zero-order valence-electron chi connectivity index (χ0n) is 14.8. The highest BCUT2D eigenvalue weighted by Crippen LogP contribution is 2.36. The van der Waals surface area contributed by atoms with Crippen molar-refractivity contribution in [1.82, 2.24) is 5.32 Å². The summed E-state index contributed by atoms with van der Waals surface area (Å²) in [5.41, 5.74) is 1.88. The molecule has 0 amide bonds. The Morgan fingerprint density at radius 1 is 1.12 bits per heavy atom. The topological polar surface area (TPSA) is 50.7 Å². The highest BCUT2D eigenvalue weighted by Gasteiger charge is 2.13. The molecular weight excluding hydrogens is 338 g/mol. The van der Waals surface area contributed by atoms with E-state index in [0.29, 0.717) is 42.8 Å². The molecule has 0 radical (unpaired) electrons. The quantitative estimate of drug-likeness (QED) is 0.658. The highest BCUT2D eigenvalue weighted by molar-refractivity contribution is 6.32. The minimum Gasteiger partial charge on any atom is -0.490 e. The van der Waals surface area contributed by atoms with E-state index in [0.717, 1.165) is 17.5 Å². The maximum atomic E-state index is 10.2. The molecule has 0 aliphatic heterocycles. The minimum absolute atomic E-state index is 0.458. The van der Waals surface area contributed by atoms with Gasteiger partial charge in [-0.2, -0.15) is 0 Å². The predicted molar refractivity (Wildman–Crippen MR) is 102 cm³/mol. The summed E-state index contributed by atoms with van der Waals surface area (Å²) >= 11 is 6.36. The summed E-state index contributed by atoms with van der Waals surface area (Å²) in [6.45, 7) is 6.16. The molecule has 2 N–H and O–H groups in total. The Morgan fingerprint density at radius 3 is 2.56 bits per heavy atom. The van der Waals surface area contributed by atoms with E-state index in [1.54, 1.807) is 0 Å². The van der Waals surface area contributed by atoms with Crippen molar-refractivity contribution < 1.29 is 14.6 Å². The molecule has 25 heavy (non-hydrogen) atoms. The lowest BCUT2D eigenvalue weighted by Gasteiger charge is -2.16. The fourth-order valence-corrected chi connectivity index (χ4v) is 2.76. The van der Waals surface area contributed by atoms with Crippen molar-refractivity contribution >= 4 is 11.6 Å². The molecule has 0 aliphatic rings. The normalized spacial score (nSPS) is 12.0. The van der Waals surface area contributed by atoms with Crippen LogP contribution in [0.1, 0.15) is 37.5 Å². The summed E-state index contributed by atoms with van der Waals surface area (Å²) in [7, 11) is 0. The molecule has 0 spiro atoms. The maximum Gasteiger partial charge on any atom is 0.179 e. The third kappa shape index (κ3) is 5.92. The van der Waals surface area contributed by atoms with Crippen LogP contribution >= 0.6 is 11.6 Å². The summed E-state index contributed by atoms with van der Waals surface area (Å²) in [6.07, 6.45) is 0.359. The van der Waals surface area contributed by atoms with Gasteiger partial charge in [0.15, 0.2) is 11.5 Å². The van der Waals surface area contributed by atoms with E-state index in [1.807, 2.05) is 56.3 Å². The van der Waals surface area contributed by atoms with Gasteiger partial charge in [0.2, 0.25) is 0 Å². The third-order valence-corrected chi connectivity index (χ3v) is 3.95. The smallest absolute Gasteiger partial charge is 0.179 e. The largest absolute Gasteiger partial charge is 0.490 e. The van der Waals surface area contributed by atoms with Crippen molar-refractivity contribution in [3.05, 3.63) is 58.6 Å². The Labute approximate surface area is 154 Å². The van der Waals surface area contributed by atoms with Gasteiger partial charge < -0.3 is 19.9 Å². The molecular formula is C20H26ClNO3. The van der Waals surface area contributed by atoms with Crippen LogP contribution in [0.4, 0.5) is 0 Å². The zero-order chi connectivity index (χ0) is 18.1. The Bertz CT molecular complexity index is 649. The van der Waals surface area contributed by atoms with Crippen LogP contribution in [0.25, 0.3) is 0 Å². The van der Waals surface area contributed by atoms with Crippen LogP contribution in [0.15, 0.2) is 42.5 Å². The number of halogens is 1. The van der Waals surface area contributed by atoms with Crippen LogP contribution in [0, 0.1) is 0 Å². The molecule has 0 aliphatic carbocycles. The van der Waals surface area contributed by atoms with Crippen LogP contribution in [0.2, 0.25) is 5.02 Å². The second-order valence-corrected chi connectivity index (χ2v) is 6.15. The molecule has 0 unspecified atom stereocenters. The van der Waals surface area contributed by atoms with E-state index in [9.17, 15) is 5.11 Å². The molecule has 0 saturated carbocycles. The molecule has 0 heterocycles. The lowest BCUT2D eigenvalue weighted by Crippen LogP contribution is -2.21. The van der Waals surface area contributed by atoms with Crippen LogP contribution in [0.5, 0.6) is 11.5 Å². The van der Waals surface area contributed by atoms with Crippen molar-refractivity contribution in [2.45, 2.75) is 32.9 Å². The molecule has 5 heteroatoms. The number of benzene rings is 2. The highest BCUT2D eigenvalue weighted by atomic mass is 35.5. The summed E-state index contributed by atoms with van der Waals surface area (Å²) < 4.78 is 11.4. The number of hydrogen-bond donors (Lipinski definition) is 2. The molecule has 0 aromatic heterocycles. The number of nitrogens with one attached hydrogen (secondary N) is 1. The molecule has 2 rings (SSSR count). The van der Waals surface area contributed by atoms with Gasteiger partial charge >= 0.3 is 0 Å². The summed E-state index contributed by atoms with van der Waals surface area (Å²) in [4.78, 5) is 0. The second-order valence-electron chi connectivity index (χ2n) is 5.74. The lowest BCUT2D eigenvalue weighted by atomic mass is 10.1. The number of rotatable bonds is 10. The Hall–Kier alpha value is -1.75. The molecule has 0 saturated heterocycles. The van der Waals surface area contributed by atoms with E-state index < -0.39 is 6.10 Å². The first-order valence-electron chi connectivity index (χ1n) is 8.67. The van der Waals surface area contributed by atoms with E-state index in [-0.39, 0.29) is 0 Å². The van der Waals surface area contributed by atoms with Gasteiger partial charge in [0.25, 0.3) is 0 Å². The molecule has 136 valence electrons. The van der Waals surface area contributed by atoms with Crippen LogP contribution in [-0.4, -0.2) is 24.9 Å². The van der Waals surface area contributed by atoms with E-state index in [2.05, 4.69) is 5.32 Å². The summed E-state index contributed by atoms with van der Waals surface area (Å²) in [5, 5.41) is 14.0. The fourth-order valence-electron chi connectivity index (χ4n) is 2.48. The average molecular weight is 364 g/mol. The summed E-state index contributed by atoms with van der Waals surface area (Å²) in [6, 6.07) is 13.4. The van der Waals surface area contributed by atoms with Gasteiger partial charge in [-0.3, -0.25) is 0 Å². The van der Waals surface area contributed by atoms with E-state index in [1.165, 1.54) is 0 Å². The lowest BCUT2D eigenvalue weighted by molar-refractivity contribution is 0.174. The SMILES string of the molecule is CCCOc1c(Cl)cc(CNC[C@H](O)c2ccccc2)cc1OCC. The van der Waals surface area contributed by atoms with E-state index in [4.69, 9.17) is 21.1 Å². The van der Waals surface area contributed by atoms with Crippen molar-refractivity contribution in [2.75, 3.05) is 19.8 Å². The number of aliphatic hydroxyl groups excluding tert-OH is 1. The maximum absolute atomic E-state index is 10.2. The zero-order valence-corrected chi connectivity index (χ0v) is 15.6. The standard InChI is InChI=1S/C20H26ClNO3/c1-3-10-25-20-17(21)11-15(12-19(20)24-4-2)13-22-14-18(23)16-8-6-5-7-9-16/h5-9,11-12,18,22-23H,3-4,10,13-14H2,1-2H3/t18-/m0/s1.